The van der Waals surface area contributed by atoms with Crippen LogP contribution in [0.3, 0.4) is 0 Å². The zero-order valence-corrected chi connectivity index (χ0v) is 14.2. The number of benzene rings is 2. The minimum atomic E-state index is -4.67. The van der Waals surface area contributed by atoms with Crippen molar-refractivity contribution in [3.63, 3.8) is 0 Å². The summed E-state index contributed by atoms with van der Waals surface area (Å²) in [6, 6.07) is 16.4. The molecule has 0 aliphatic heterocycles. The van der Waals surface area contributed by atoms with E-state index in [-0.39, 0.29) is 0 Å². The van der Waals surface area contributed by atoms with E-state index in [4.69, 9.17) is 0 Å². The first kappa shape index (κ1) is 17.7. The van der Waals surface area contributed by atoms with Gasteiger partial charge in [-0.2, -0.15) is 18.3 Å². The number of carbonyl (C=O) groups is 1. The van der Waals surface area contributed by atoms with Crippen molar-refractivity contribution in [3.05, 3.63) is 72.1 Å². The second-order valence-corrected chi connectivity index (χ2v) is 5.78. The topological polar surface area (TPSA) is 38.1 Å². The van der Waals surface area contributed by atoms with Crippen LogP contribution in [0.2, 0.25) is 0 Å². The zero-order valence-electron chi connectivity index (χ0n) is 14.2. The van der Waals surface area contributed by atoms with Gasteiger partial charge in [0.05, 0.1) is 17.4 Å². The van der Waals surface area contributed by atoms with E-state index in [1.165, 1.54) is 11.9 Å². The molecule has 1 aromatic heterocycles. The number of anilines is 1. The van der Waals surface area contributed by atoms with Gasteiger partial charge in [-0.15, -0.1) is 0 Å². The number of carbonyl (C=O) groups excluding carboxylic acids is 1. The lowest BCUT2D eigenvalue weighted by molar-refractivity contribution is -0.144. The summed E-state index contributed by atoms with van der Waals surface area (Å²) < 4.78 is 40.5. The van der Waals surface area contributed by atoms with Crippen molar-refractivity contribution in [2.24, 2.45) is 7.05 Å². The van der Waals surface area contributed by atoms with Crippen LogP contribution in [-0.2, 0) is 13.2 Å². The molecule has 0 atom stereocenters. The highest BCUT2D eigenvalue weighted by Gasteiger charge is 2.40. The number of aromatic nitrogens is 2. The highest BCUT2D eigenvalue weighted by Crippen LogP contribution is 2.34. The van der Waals surface area contributed by atoms with Gasteiger partial charge >= 0.3 is 6.18 Å². The number of hydrogen-bond donors (Lipinski definition) is 0. The third-order valence-electron chi connectivity index (χ3n) is 4.09. The average molecular weight is 359 g/mol. The minimum absolute atomic E-state index is 0.481. The van der Waals surface area contributed by atoms with Crippen molar-refractivity contribution in [1.82, 2.24) is 9.78 Å². The highest BCUT2D eigenvalue weighted by molar-refractivity contribution is 6.08. The van der Waals surface area contributed by atoms with Crippen LogP contribution in [0.25, 0.3) is 11.1 Å². The number of nitrogens with zero attached hydrogens (tertiary/aromatic N) is 3. The monoisotopic (exact) mass is 359 g/mol. The van der Waals surface area contributed by atoms with Crippen LogP contribution in [0.4, 0.5) is 18.9 Å². The molecular formula is C19H16F3N3O. The van der Waals surface area contributed by atoms with Crippen molar-refractivity contribution in [2.45, 2.75) is 6.18 Å². The van der Waals surface area contributed by atoms with Crippen LogP contribution in [0.1, 0.15) is 16.1 Å². The Balaban J connectivity index is 2.05. The fraction of sp³-hybridized carbons (Fsp3) is 0.158. The van der Waals surface area contributed by atoms with Crippen LogP contribution in [-0.4, -0.2) is 22.7 Å². The predicted molar refractivity (Wildman–Crippen MR) is 92.8 cm³/mol. The molecule has 3 rings (SSSR count). The van der Waals surface area contributed by atoms with Crippen molar-refractivity contribution in [1.29, 1.82) is 0 Å². The third kappa shape index (κ3) is 3.20. The second-order valence-electron chi connectivity index (χ2n) is 5.78. The molecule has 7 heteroatoms. The second kappa shape index (κ2) is 6.67. The van der Waals surface area contributed by atoms with Gasteiger partial charge in [0.1, 0.15) is 0 Å². The quantitative estimate of drug-likeness (QED) is 0.696. The molecular weight excluding hydrogens is 343 g/mol. The Morgan fingerprint density at radius 2 is 1.65 bits per heavy atom. The summed E-state index contributed by atoms with van der Waals surface area (Å²) in [7, 11) is 2.62. The summed E-state index contributed by atoms with van der Waals surface area (Å²) >= 11 is 0. The first-order valence-electron chi connectivity index (χ1n) is 7.82. The van der Waals surface area contributed by atoms with E-state index in [0.717, 1.165) is 24.4 Å². The van der Waals surface area contributed by atoms with Gasteiger partial charge in [-0.25, -0.2) is 0 Å². The standard InChI is InChI=1S/C19H16F3N3O/c1-24(18(26)15-12-23-25(2)17(15)19(20,21)22)16-11-7-6-10-14(16)13-8-4-3-5-9-13/h3-12H,1-2H3. The van der Waals surface area contributed by atoms with E-state index in [1.54, 1.807) is 12.1 Å². The number of amides is 1. The molecule has 0 aliphatic carbocycles. The maximum absolute atomic E-state index is 13.3. The number of hydrogen-bond acceptors (Lipinski definition) is 2. The molecule has 1 amide bonds. The van der Waals surface area contributed by atoms with Crippen LogP contribution in [0.5, 0.6) is 0 Å². The lowest BCUT2D eigenvalue weighted by Crippen LogP contribution is -2.29. The van der Waals surface area contributed by atoms with Gasteiger partial charge in [0.15, 0.2) is 5.69 Å². The van der Waals surface area contributed by atoms with E-state index < -0.39 is 23.3 Å². The van der Waals surface area contributed by atoms with Gasteiger partial charge in [-0.1, -0.05) is 48.5 Å². The maximum Gasteiger partial charge on any atom is 0.433 e. The predicted octanol–water partition coefficient (Wildman–Crippen LogP) is 4.38. The first-order chi connectivity index (χ1) is 12.3. The summed E-state index contributed by atoms with van der Waals surface area (Å²) in [6.07, 6.45) is -3.72. The Hall–Kier alpha value is -3.09. The van der Waals surface area contributed by atoms with Gasteiger partial charge < -0.3 is 4.90 Å². The molecule has 0 aliphatic rings. The molecule has 134 valence electrons. The summed E-state index contributed by atoms with van der Waals surface area (Å²) in [6.45, 7) is 0. The van der Waals surface area contributed by atoms with Crippen LogP contribution in [0.15, 0.2) is 60.8 Å². The lowest BCUT2D eigenvalue weighted by atomic mass is 10.0. The van der Waals surface area contributed by atoms with Gasteiger partial charge in [0, 0.05) is 19.7 Å². The SMILES string of the molecule is CN(C(=O)c1cnn(C)c1C(F)(F)F)c1ccccc1-c1ccccc1. The lowest BCUT2D eigenvalue weighted by Gasteiger charge is -2.21. The molecule has 0 spiro atoms. The maximum atomic E-state index is 13.3. The summed E-state index contributed by atoms with van der Waals surface area (Å²) in [5.74, 6) is -0.770. The molecule has 0 saturated carbocycles. The smallest absolute Gasteiger partial charge is 0.311 e. The van der Waals surface area contributed by atoms with E-state index >= 15 is 0 Å². The fourth-order valence-corrected chi connectivity index (χ4v) is 2.85. The Morgan fingerprint density at radius 1 is 1.04 bits per heavy atom. The van der Waals surface area contributed by atoms with Crippen molar-refractivity contribution >= 4 is 11.6 Å². The molecule has 0 saturated heterocycles. The molecule has 4 nitrogen and oxygen atoms in total. The average Bonchev–Trinajstić information content (AvgIpc) is 3.03. The van der Waals surface area contributed by atoms with E-state index in [9.17, 15) is 18.0 Å². The van der Waals surface area contributed by atoms with Gasteiger partial charge in [0.25, 0.3) is 5.91 Å². The molecule has 0 fully saturated rings. The molecule has 26 heavy (non-hydrogen) atoms. The third-order valence-corrected chi connectivity index (χ3v) is 4.09. The van der Waals surface area contributed by atoms with Crippen molar-refractivity contribution in [2.75, 3.05) is 11.9 Å². The number of para-hydroxylation sites is 1. The minimum Gasteiger partial charge on any atom is -0.311 e. The number of rotatable bonds is 3. The summed E-state index contributed by atoms with van der Waals surface area (Å²) in [4.78, 5) is 14.0. The molecule has 0 radical (unpaired) electrons. The normalized spacial score (nSPS) is 11.4. The Morgan fingerprint density at radius 3 is 2.31 bits per heavy atom. The van der Waals surface area contributed by atoms with Crippen LogP contribution in [0, 0.1) is 0 Å². The number of alkyl halides is 3. The molecule has 0 N–H and O–H groups in total. The van der Waals surface area contributed by atoms with Gasteiger partial charge in [-0.05, 0) is 11.6 Å². The molecule has 0 unspecified atom stereocenters. The molecule has 1 heterocycles. The van der Waals surface area contributed by atoms with E-state index in [1.807, 2.05) is 42.5 Å². The highest BCUT2D eigenvalue weighted by atomic mass is 19.4. The zero-order chi connectivity index (χ0) is 18.9. The van der Waals surface area contributed by atoms with Gasteiger partial charge in [0.2, 0.25) is 0 Å². The first-order valence-corrected chi connectivity index (χ1v) is 7.82. The molecule has 3 aromatic rings. The van der Waals surface area contributed by atoms with Crippen LogP contribution >= 0.6 is 0 Å². The number of halogens is 3. The fourth-order valence-electron chi connectivity index (χ4n) is 2.85. The largest absolute Gasteiger partial charge is 0.433 e. The number of aryl methyl sites for hydroxylation is 1. The Kier molecular flexibility index (Phi) is 4.54. The van der Waals surface area contributed by atoms with Gasteiger partial charge in [-0.3, -0.25) is 9.48 Å². The van der Waals surface area contributed by atoms with Crippen molar-refractivity contribution in [3.8, 4) is 11.1 Å². The Labute approximate surface area is 148 Å². The molecule has 2 aromatic carbocycles. The summed E-state index contributed by atoms with van der Waals surface area (Å²) in [5, 5.41) is 3.61. The Bertz CT molecular complexity index is 933. The summed E-state index contributed by atoms with van der Waals surface area (Å²) in [5.41, 5.74) is 0.587. The van der Waals surface area contributed by atoms with E-state index in [0.29, 0.717) is 10.4 Å². The van der Waals surface area contributed by atoms with Crippen LogP contribution < -0.4 is 4.90 Å². The van der Waals surface area contributed by atoms with Crippen molar-refractivity contribution < 1.29 is 18.0 Å². The molecule has 0 bridgehead atoms. The van der Waals surface area contributed by atoms with E-state index in [2.05, 4.69) is 5.10 Å².